The highest BCUT2D eigenvalue weighted by Crippen LogP contribution is 2.32. The van der Waals surface area contributed by atoms with Crippen molar-refractivity contribution < 1.29 is 18.0 Å². The summed E-state index contributed by atoms with van der Waals surface area (Å²) in [6.45, 7) is 0.297. The molecule has 1 fully saturated rings. The summed E-state index contributed by atoms with van der Waals surface area (Å²) in [5.74, 6) is -0.112. The number of nitrogens with zero attached hydrogens (tertiary/aromatic N) is 3. The maximum atomic E-state index is 13.0. The van der Waals surface area contributed by atoms with Crippen LogP contribution in [0.1, 0.15) is 34.3 Å². The molecule has 0 N–H and O–H groups in total. The summed E-state index contributed by atoms with van der Waals surface area (Å²) in [5.41, 5.74) is 1.45. The van der Waals surface area contributed by atoms with E-state index < -0.39 is 11.7 Å². The molecule has 28 heavy (non-hydrogen) atoms. The zero-order valence-electron chi connectivity index (χ0n) is 14.9. The van der Waals surface area contributed by atoms with E-state index in [0.29, 0.717) is 17.7 Å². The second kappa shape index (κ2) is 7.14. The highest BCUT2D eigenvalue weighted by Gasteiger charge is 2.34. The van der Waals surface area contributed by atoms with Crippen molar-refractivity contribution in [2.75, 3.05) is 0 Å². The van der Waals surface area contributed by atoms with Crippen LogP contribution in [0.4, 0.5) is 13.2 Å². The molecule has 0 bridgehead atoms. The van der Waals surface area contributed by atoms with Gasteiger partial charge in [0.25, 0.3) is 5.91 Å². The Balaban J connectivity index is 1.51. The molecule has 7 heteroatoms. The number of carbonyl (C=O) groups is 1. The Labute approximate surface area is 160 Å². The van der Waals surface area contributed by atoms with Crippen molar-refractivity contribution in [3.63, 3.8) is 0 Å². The summed E-state index contributed by atoms with van der Waals surface area (Å²) in [5, 5.41) is 0. The predicted molar refractivity (Wildman–Crippen MR) is 97.9 cm³/mol. The number of carbonyl (C=O) groups excluding carboxylic acids is 1. The minimum absolute atomic E-state index is 0.112. The third-order valence-corrected chi connectivity index (χ3v) is 4.80. The lowest BCUT2D eigenvalue weighted by atomic mass is 10.1. The monoisotopic (exact) mass is 385 g/mol. The molecule has 1 saturated carbocycles. The summed E-state index contributed by atoms with van der Waals surface area (Å²) in [6.07, 6.45) is 2.65. The van der Waals surface area contributed by atoms with Gasteiger partial charge in [0.1, 0.15) is 0 Å². The summed E-state index contributed by atoms with van der Waals surface area (Å²) >= 11 is 0. The van der Waals surface area contributed by atoms with Gasteiger partial charge in [-0.25, -0.2) is 4.98 Å². The Morgan fingerprint density at radius 2 is 1.75 bits per heavy atom. The lowest BCUT2D eigenvalue weighted by Crippen LogP contribution is -2.32. The molecule has 1 amide bonds. The predicted octanol–water partition coefficient (Wildman–Crippen LogP) is 4.70. The number of amides is 1. The lowest BCUT2D eigenvalue weighted by molar-refractivity contribution is -0.137. The van der Waals surface area contributed by atoms with Crippen molar-refractivity contribution >= 4 is 5.91 Å². The number of hydrogen-bond donors (Lipinski definition) is 0. The van der Waals surface area contributed by atoms with Crippen molar-refractivity contribution in [1.82, 2.24) is 14.5 Å². The van der Waals surface area contributed by atoms with Gasteiger partial charge in [0.2, 0.25) is 0 Å². The second-order valence-corrected chi connectivity index (χ2v) is 6.88. The first-order valence-corrected chi connectivity index (χ1v) is 8.97. The van der Waals surface area contributed by atoms with Gasteiger partial charge >= 0.3 is 6.18 Å². The third-order valence-electron chi connectivity index (χ3n) is 4.80. The average Bonchev–Trinajstić information content (AvgIpc) is 3.38. The molecule has 0 aliphatic heterocycles. The van der Waals surface area contributed by atoms with Gasteiger partial charge in [0, 0.05) is 36.2 Å². The minimum atomic E-state index is -4.36. The third kappa shape index (κ3) is 3.93. The fourth-order valence-corrected chi connectivity index (χ4v) is 3.10. The Morgan fingerprint density at radius 1 is 1.07 bits per heavy atom. The van der Waals surface area contributed by atoms with Crippen LogP contribution < -0.4 is 0 Å². The Bertz CT molecular complexity index is 944. The smallest absolute Gasteiger partial charge is 0.331 e. The molecular formula is C21H18F3N3O. The molecule has 3 aromatic rings. The molecule has 4 rings (SSSR count). The van der Waals surface area contributed by atoms with Crippen molar-refractivity contribution in [3.05, 3.63) is 83.9 Å². The van der Waals surface area contributed by atoms with Crippen LogP contribution in [0.15, 0.2) is 67.3 Å². The standard InChI is InChI=1S/C21H18F3N3O/c22-21(23,24)17-5-1-15(2-6-17)13-27(19-9-10-19)20(28)16-3-7-18(8-4-16)26-12-11-25-14-26/h1-8,11-12,14,19H,9-10,13H2. The summed E-state index contributed by atoms with van der Waals surface area (Å²) in [4.78, 5) is 18.7. The maximum Gasteiger partial charge on any atom is 0.416 e. The fourth-order valence-electron chi connectivity index (χ4n) is 3.10. The first-order chi connectivity index (χ1) is 13.4. The van der Waals surface area contributed by atoms with Crippen LogP contribution in [0.3, 0.4) is 0 Å². The molecule has 144 valence electrons. The molecule has 1 aromatic heterocycles. The van der Waals surface area contributed by atoms with E-state index in [4.69, 9.17) is 0 Å². The molecule has 0 radical (unpaired) electrons. The molecule has 2 aromatic carbocycles. The zero-order chi connectivity index (χ0) is 19.7. The molecule has 4 nitrogen and oxygen atoms in total. The Kier molecular flexibility index (Phi) is 4.66. The lowest BCUT2D eigenvalue weighted by Gasteiger charge is -2.23. The average molecular weight is 385 g/mol. The molecule has 1 aliphatic rings. The van der Waals surface area contributed by atoms with Gasteiger partial charge < -0.3 is 9.47 Å². The van der Waals surface area contributed by atoms with E-state index in [1.165, 1.54) is 12.1 Å². The van der Waals surface area contributed by atoms with Crippen LogP contribution in [0.2, 0.25) is 0 Å². The van der Waals surface area contributed by atoms with E-state index >= 15 is 0 Å². The fraction of sp³-hybridized carbons (Fsp3) is 0.238. The van der Waals surface area contributed by atoms with Gasteiger partial charge in [-0.2, -0.15) is 13.2 Å². The first kappa shape index (κ1) is 18.3. The van der Waals surface area contributed by atoms with Crippen LogP contribution in [0.5, 0.6) is 0 Å². The van der Waals surface area contributed by atoms with E-state index in [1.807, 2.05) is 22.9 Å². The van der Waals surface area contributed by atoms with E-state index in [9.17, 15) is 18.0 Å². The van der Waals surface area contributed by atoms with Crippen molar-refractivity contribution in [3.8, 4) is 5.69 Å². The van der Waals surface area contributed by atoms with Crippen LogP contribution in [0, 0.1) is 0 Å². The minimum Gasteiger partial charge on any atom is -0.331 e. The number of hydrogen-bond acceptors (Lipinski definition) is 2. The van der Waals surface area contributed by atoms with Crippen LogP contribution in [-0.2, 0) is 12.7 Å². The number of rotatable bonds is 5. The molecule has 1 heterocycles. The molecule has 0 saturated heterocycles. The SMILES string of the molecule is O=C(c1ccc(-n2ccnc2)cc1)N(Cc1ccc(C(F)(F)F)cc1)C1CC1. The molecule has 0 atom stereocenters. The normalized spacial score (nSPS) is 14.1. The van der Waals surface area contributed by atoms with Crippen molar-refractivity contribution in [2.24, 2.45) is 0 Å². The van der Waals surface area contributed by atoms with E-state index in [0.717, 1.165) is 30.7 Å². The molecule has 0 spiro atoms. The van der Waals surface area contributed by atoms with Gasteiger partial charge in [0.05, 0.1) is 11.9 Å². The summed E-state index contributed by atoms with van der Waals surface area (Å²) in [7, 11) is 0. The van der Waals surface area contributed by atoms with Gasteiger partial charge in [-0.1, -0.05) is 12.1 Å². The number of aromatic nitrogens is 2. The Hall–Kier alpha value is -3.09. The Morgan fingerprint density at radius 3 is 2.29 bits per heavy atom. The molecular weight excluding hydrogens is 367 g/mol. The largest absolute Gasteiger partial charge is 0.416 e. The van der Waals surface area contributed by atoms with Gasteiger partial charge in [-0.05, 0) is 54.8 Å². The summed E-state index contributed by atoms with van der Waals surface area (Å²) in [6, 6.07) is 12.4. The highest BCUT2D eigenvalue weighted by atomic mass is 19.4. The van der Waals surface area contributed by atoms with Gasteiger partial charge in [-0.3, -0.25) is 4.79 Å². The van der Waals surface area contributed by atoms with Gasteiger partial charge in [-0.15, -0.1) is 0 Å². The number of halogens is 3. The van der Waals surface area contributed by atoms with E-state index in [1.54, 1.807) is 29.6 Å². The second-order valence-electron chi connectivity index (χ2n) is 6.88. The first-order valence-electron chi connectivity index (χ1n) is 8.97. The van der Waals surface area contributed by atoms with Crippen molar-refractivity contribution in [1.29, 1.82) is 0 Å². The maximum absolute atomic E-state index is 13.0. The van der Waals surface area contributed by atoms with Crippen molar-refractivity contribution in [2.45, 2.75) is 31.6 Å². The number of alkyl halides is 3. The summed E-state index contributed by atoms with van der Waals surface area (Å²) < 4.78 is 40.0. The quantitative estimate of drug-likeness (QED) is 0.639. The zero-order valence-corrected chi connectivity index (χ0v) is 14.9. The number of benzene rings is 2. The van der Waals surface area contributed by atoms with Crippen LogP contribution in [-0.4, -0.2) is 26.4 Å². The molecule has 1 aliphatic carbocycles. The van der Waals surface area contributed by atoms with Crippen LogP contribution in [0.25, 0.3) is 5.69 Å². The highest BCUT2D eigenvalue weighted by molar-refractivity contribution is 5.94. The van der Waals surface area contributed by atoms with Crippen LogP contribution >= 0.6 is 0 Å². The van der Waals surface area contributed by atoms with E-state index in [-0.39, 0.29) is 11.9 Å². The topological polar surface area (TPSA) is 38.1 Å². The van der Waals surface area contributed by atoms with Gasteiger partial charge in [0.15, 0.2) is 0 Å². The molecule has 0 unspecified atom stereocenters. The number of imidazole rings is 1. The van der Waals surface area contributed by atoms with E-state index in [2.05, 4.69) is 4.98 Å².